The molecular weight excluding hydrogens is 354 g/mol. The van der Waals surface area contributed by atoms with Crippen LogP contribution in [-0.2, 0) is 13.5 Å². The summed E-state index contributed by atoms with van der Waals surface area (Å²) in [5.74, 6) is 0.660. The molecule has 3 rings (SSSR count). The minimum atomic E-state index is -1.40. The first kappa shape index (κ1) is 20.5. The first-order valence-corrected chi connectivity index (χ1v) is 13.9. The molecule has 0 saturated heterocycles. The van der Waals surface area contributed by atoms with Gasteiger partial charge < -0.3 is 0 Å². The largest absolute Gasteiger partial charge is 0.212 e. The first-order valence-electron chi connectivity index (χ1n) is 10.4. The van der Waals surface area contributed by atoms with Gasteiger partial charge in [-0.1, -0.05) is 76.0 Å². The molecule has 3 aromatic rings. The van der Waals surface area contributed by atoms with E-state index in [1.807, 2.05) is 0 Å². The molecule has 0 bridgehead atoms. The highest BCUT2D eigenvalue weighted by Crippen LogP contribution is 2.28. The summed E-state index contributed by atoms with van der Waals surface area (Å²) >= 11 is 0. The topological polar surface area (TPSA) is 3.88 Å². The van der Waals surface area contributed by atoms with Gasteiger partial charge >= 0.3 is 0 Å². The van der Waals surface area contributed by atoms with Crippen molar-refractivity contribution in [1.29, 1.82) is 0 Å². The molecule has 0 radical (unpaired) electrons. The smallest absolute Gasteiger partial charge is 0.201 e. The van der Waals surface area contributed by atoms with Gasteiger partial charge in [-0.15, -0.1) is 0 Å². The lowest BCUT2D eigenvalue weighted by Crippen LogP contribution is -2.47. The van der Waals surface area contributed by atoms with E-state index in [0.717, 1.165) is 6.42 Å². The molecule has 0 aliphatic rings. The fraction of sp³-hybridized carbons (Fsp3) is 0.346. The van der Waals surface area contributed by atoms with Crippen molar-refractivity contribution in [1.82, 2.24) is 0 Å². The number of hydrogen-bond acceptors (Lipinski definition) is 0. The summed E-state index contributed by atoms with van der Waals surface area (Å²) in [5.41, 5.74) is 8.05. The second kappa shape index (κ2) is 8.04. The molecule has 28 heavy (non-hydrogen) atoms. The van der Waals surface area contributed by atoms with Gasteiger partial charge in [-0.2, -0.15) is 0 Å². The quantitative estimate of drug-likeness (QED) is 0.378. The van der Waals surface area contributed by atoms with Gasteiger partial charge in [-0.05, 0) is 47.6 Å². The Balaban J connectivity index is 2.18. The highest BCUT2D eigenvalue weighted by atomic mass is 28.3. The third-order valence-electron chi connectivity index (χ3n) is 5.42. The summed E-state index contributed by atoms with van der Waals surface area (Å²) in [6.07, 6.45) is 3.55. The van der Waals surface area contributed by atoms with Crippen LogP contribution < -0.4 is 9.75 Å². The van der Waals surface area contributed by atoms with Gasteiger partial charge in [-0.25, -0.2) is 4.57 Å². The zero-order valence-corrected chi connectivity index (χ0v) is 19.5. The Hall–Kier alpha value is -2.19. The van der Waals surface area contributed by atoms with Gasteiger partial charge in [0.2, 0.25) is 5.69 Å². The third-order valence-corrected chi connectivity index (χ3v) is 7.48. The fourth-order valence-corrected chi connectivity index (χ4v) is 5.67. The summed E-state index contributed by atoms with van der Waals surface area (Å²) in [6.45, 7) is 14.2. The van der Waals surface area contributed by atoms with Crippen molar-refractivity contribution in [3.63, 3.8) is 0 Å². The molecular formula is C26H34NSi+. The van der Waals surface area contributed by atoms with Crippen LogP contribution in [0.25, 0.3) is 22.4 Å². The number of aryl methyl sites for hydroxylation is 2. The lowest BCUT2D eigenvalue weighted by molar-refractivity contribution is -0.659. The van der Waals surface area contributed by atoms with Gasteiger partial charge in [0.1, 0.15) is 7.05 Å². The van der Waals surface area contributed by atoms with Crippen LogP contribution in [0.2, 0.25) is 19.6 Å². The summed E-state index contributed by atoms with van der Waals surface area (Å²) in [4.78, 5) is 0. The van der Waals surface area contributed by atoms with Crippen molar-refractivity contribution >= 4 is 13.3 Å². The van der Waals surface area contributed by atoms with Crippen molar-refractivity contribution in [2.75, 3.05) is 0 Å². The Morgan fingerprint density at radius 1 is 0.893 bits per heavy atom. The SMILES string of the molecule is Cc1ccc(-c2ccccc2)cc1-c1cc(CC(C)C)c([Si](C)(C)C)c[n+]1C. The first-order chi connectivity index (χ1) is 13.2. The highest BCUT2D eigenvalue weighted by molar-refractivity contribution is 6.88. The Morgan fingerprint density at radius 3 is 2.18 bits per heavy atom. The van der Waals surface area contributed by atoms with E-state index in [1.165, 1.54) is 33.5 Å². The van der Waals surface area contributed by atoms with E-state index in [1.54, 1.807) is 5.19 Å². The average Bonchev–Trinajstić information content (AvgIpc) is 2.63. The van der Waals surface area contributed by atoms with Crippen molar-refractivity contribution in [2.24, 2.45) is 13.0 Å². The Kier molecular flexibility index (Phi) is 5.90. The van der Waals surface area contributed by atoms with E-state index >= 15 is 0 Å². The summed E-state index contributed by atoms with van der Waals surface area (Å²) in [5, 5.41) is 1.59. The second-order valence-electron chi connectivity index (χ2n) is 9.45. The van der Waals surface area contributed by atoms with Crippen LogP contribution >= 0.6 is 0 Å². The minimum Gasteiger partial charge on any atom is -0.201 e. The minimum absolute atomic E-state index is 0.660. The van der Waals surface area contributed by atoms with E-state index in [4.69, 9.17) is 0 Å². The van der Waals surface area contributed by atoms with Crippen LogP contribution in [0.15, 0.2) is 60.8 Å². The molecule has 2 aromatic carbocycles. The maximum atomic E-state index is 2.46. The molecule has 0 amide bonds. The molecule has 1 heterocycles. The van der Waals surface area contributed by atoms with Crippen molar-refractivity contribution in [3.05, 3.63) is 71.9 Å². The number of rotatable bonds is 5. The molecule has 146 valence electrons. The predicted molar refractivity (Wildman–Crippen MR) is 125 cm³/mol. The summed E-state index contributed by atoms with van der Waals surface area (Å²) < 4.78 is 2.34. The average molecular weight is 389 g/mol. The summed E-state index contributed by atoms with van der Waals surface area (Å²) in [6, 6.07) is 20.0. The maximum absolute atomic E-state index is 2.46. The van der Waals surface area contributed by atoms with Crippen molar-refractivity contribution < 1.29 is 4.57 Å². The van der Waals surface area contributed by atoms with Crippen molar-refractivity contribution in [2.45, 2.75) is 46.8 Å². The van der Waals surface area contributed by atoms with Crippen LogP contribution in [0.3, 0.4) is 0 Å². The Labute approximate surface area is 172 Å². The zero-order chi connectivity index (χ0) is 20.5. The van der Waals surface area contributed by atoms with Crippen LogP contribution in [0.4, 0.5) is 0 Å². The van der Waals surface area contributed by atoms with E-state index < -0.39 is 8.07 Å². The van der Waals surface area contributed by atoms with Crippen LogP contribution in [0.5, 0.6) is 0 Å². The number of pyridine rings is 1. The second-order valence-corrected chi connectivity index (χ2v) is 14.5. The number of benzene rings is 2. The van der Waals surface area contributed by atoms with Crippen LogP contribution in [-0.4, -0.2) is 8.07 Å². The third kappa shape index (κ3) is 4.44. The normalized spacial score (nSPS) is 11.9. The molecule has 2 heteroatoms. The van der Waals surface area contributed by atoms with Gasteiger partial charge in [0, 0.05) is 16.8 Å². The van der Waals surface area contributed by atoms with E-state index in [2.05, 4.69) is 113 Å². The van der Waals surface area contributed by atoms with Crippen LogP contribution in [0.1, 0.15) is 25.0 Å². The Bertz CT molecular complexity index is 966. The lowest BCUT2D eigenvalue weighted by atomic mass is 9.95. The van der Waals surface area contributed by atoms with E-state index in [-0.39, 0.29) is 0 Å². The van der Waals surface area contributed by atoms with Gasteiger partial charge in [0.15, 0.2) is 6.20 Å². The van der Waals surface area contributed by atoms with Crippen LogP contribution in [0, 0.1) is 12.8 Å². The van der Waals surface area contributed by atoms with E-state index in [0.29, 0.717) is 5.92 Å². The monoisotopic (exact) mass is 388 g/mol. The molecule has 0 N–H and O–H groups in total. The molecule has 0 unspecified atom stereocenters. The molecule has 1 aromatic heterocycles. The number of aromatic nitrogens is 1. The fourth-order valence-electron chi connectivity index (χ4n) is 3.95. The molecule has 0 fully saturated rings. The number of nitrogens with zero attached hydrogens (tertiary/aromatic N) is 1. The van der Waals surface area contributed by atoms with Gasteiger partial charge in [0.25, 0.3) is 0 Å². The molecule has 0 spiro atoms. The predicted octanol–water partition coefficient (Wildman–Crippen LogP) is 5.90. The van der Waals surface area contributed by atoms with Crippen molar-refractivity contribution in [3.8, 4) is 22.4 Å². The van der Waals surface area contributed by atoms with Gasteiger partial charge in [0.05, 0.1) is 8.07 Å². The molecule has 0 aliphatic heterocycles. The molecule has 1 nitrogen and oxygen atoms in total. The highest BCUT2D eigenvalue weighted by Gasteiger charge is 2.26. The molecule has 0 atom stereocenters. The summed E-state index contributed by atoms with van der Waals surface area (Å²) in [7, 11) is 0.803. The van der Waals surface area contributed by atoms with E-state index in [9.17, 15) is 0 Å². The molecule has 0 saturated carbocycles. The number of hydrogen-bond donors (Lipinski definition) is 0. The molecule has 0 aliphatic carbocycles. The maximum Gasteiger partial charge on any atom is 0.212 e. The zero-order valence-electron chi connectivity index (χ0n) is 18.5. The lowest BCUT2D eigenvalue weighted by Gasteiger charge is -2.21. The van der Waals surface area contributed by atoms with Gasteiger partial charge in [-0.3, -0.25) is 0 Å². The standard InChI is InChI=1S/C26H34NSi/c1-19(2)15-23-17-25(27(4)18-26(23)28(5,6)7)24-16-22(14-13-20(24)3)21-11-9-8-10-12-21/h8-14,16-19H,15H2,1-7H3/q+1. The Morgan fingerprint density at radius 2 is 1.57 bits per heavy atom.